The summed E-state index contributed by atoms with van der Waals surface area (Å²) in [6, 6.07) is 9.46. The molecule has 0 spiro atoms. The third kappa shape index (κ3) is 3.53. The second-order valence-corrected chi connectivity index (χ2v) is 4.60. The van der Waals surface area contributed by atoms with Crippen LogP contribution < -0.4 is 15.8 Å². The van der Waals surface area contributed by atoms with E-state index in [4.69, 9.17) is 10.5 Å². The van der Waals surface area contributed by atoms with Crippen LogP contribution in [-0.4, -0.2) is 28.8 Å². The molecule has 1 aromatic carbocycles. The first kappa shape index (κ1) is 14.9. The lowest BCUT2D eigenvalue weighted by Crippen LogP contribution is -2.30. The number of aryl methyl sites for hydroxylation is 2. The highest BCUT2D eigenvalue weighted by molar-refractivity contribution is 5.97. The first-order chi connectivity index (χ1) is 10.1. The molecule has 1 amide bonds. The fraction of sp³-hybridized carbons (Fsp3) is 0.333. The smallest absolute Gasteiger partial charge is 0.271 e. The Hall–Kier alpha value is -2.50. The lowest BCUT2D eigenvalue weighted by Gasteiger charge is -2.08. The summed E-state index contributed by atoms with van der Waals surface area (Å²) < 4.78 is 7.03. The molecule has 6 heteroatoms. The number of nitrogens with zero attached hydrogens (tertiary/aromatic N) is 2. The standard InChI is InChI=1S/C15H20N4O2/c1-3-12-13(16)14(19(2)18-12)15(20)17-9-10-21-11-7-5-4-6-8-11/h4-8H,3,9-10,16H2,1-2H3,(H,17,20). The predicted molar refractivity (Wildman–Crippen MR) is 81.3 cm³/mol. The Balaban J connectivity index is 1.86. The van der Waals surface area contributed by atoms with Crippen LogP contribution in [-0.2, 0) is 13.5 Å². The van der Waals surface area contributed by atoms with Crippen LogP contribution in [0.25, 0.3) is 0 Å². The highest BCUT2D eigenvalue weighted by Crippen LogP contribution is 2.16. The largest absolute Gasteiger partial charge is 0.492 e. The van der Waals surface area contributed by atoms with Crippen molar-refractivity contribution < 1.29 is 9.53 Å². The van der Waals surface area contributed by atoms with Crippen LogP contribution in [0.3, 0.4) is 0 Å². The number of para-hydroxylation sites is 1. The van der Waals surface area contributed by atoms with Gasteiger partial charge in [-0.15, -0.1) is 0 Å². The maximum atomic E-state index is 12.1. The number of benzene rings is 1. The average Bonchev–Trinajstić information content (AvgIpc) is 2.79. The lowest BCUT2D eigenvalue weighted by molar-refractivity contribution is 0.0938. The van der Waals surface area contributed by atoms with E-state index in [0.29, 0.717) is 31.0 Å². The topological polar surface area (TPSA) is 82.2 Å². The number of hydrogen-bond donors (Lipinski definition) is 2. The van der Waals surface area contributed by atoms with E-state index in [-0.39, 0.29) is 5.91 Å². The van der Waals surface area contributed by atoms with Gasteiger partial charge in [-0.3, -0.25) is 9.48 Å². The molecule has 0 saturated carbocycles. The number of aromatic nitrogens is 2. The quantitative estimate of drug-likeness (QED) is 0.787. The number of ether oxygens (including phenoxy) is 1. The van der Waals surface area contributed by atoms with Gasteiger partial charge in [-0.25, -0.2) is 0 Å². The molecule has 0 atom stereocenters. The zero-order valence-corrected chi connectivity index (χ0v) is 12.3. The van der Waals surface area contributed by atoms with Crippen molar-refractivity contribution >= 4 is 11.6 Å². The van der Waals surface area contributed by atoms with Crippen LogP contribution in [0, 0.1) is 0 Å². The second kappa shape index (κ2) is 6.78. The molecule has 0 fully saturated rings. The summed E-state index contributed by atoms with van der Waals surface area (Å²) in [4.78, 5) is 12.1. The van der Waals surface area contributed by atoms with E-state index in [1.165, 1.54) is 4.68 Å². The summed E-state index contributed by atoms with van der Waals surface area (Å²) in [5, 5.41) is 7.01. The molecule has 0 aliphatic heterocycles. The van der Waals surface area contributed by atoms with E-state index in [1.807, 2.05) is 37.3 Å². The third-order valence-corrected chi connectivity index (χ3v) is 3.11. The van der Waals surface area contributed by atoms with Gasteiger partial charge in [0.1, 0.15) is 18.1 Å². The summed E-state index contributed by atoms with van der Waals surface area (Å²) in [6.45, 7) is 2.75. The highest BCUT2D eigenvalue weighted by Gasteiger charge is 2.18. The highest BCUT2D eigenvalue weighted by atomic mass is 16.5. The van der Waals surface area contributed by atoms with E-state index >= 15 is 0 Å². The molecule has 21 heavy (non-hydrogen) atoms. The summed E-state index contributed by atoms with van der Waals surface area (Å²) in [5.41, 5.74) is 7.52. The fourth-order valence-electron chi connectivity index (χ4n) is 2.06. The van der Waals surface area contributed by atoms with E-state index < -0.39 is 0 Å². The molecular weight excluding hydrogens is 268 g/mol. The molecule has 2 rings (SSSR count). The van der Waals surface area contributed by atoms with Crippen molar-refractivity contribution in [1.29, 1.82) is 0 Å². The van der Waals surface area contributed by atoms with E-state index in [9.17, 15) is 4.79 Å². The molecular formula is C15H20N4O2. The normalized spacial score (nSPS) is 10.4. The zero-order chi connectivity index (χ0) is 15.2. The minimum absolute atomic E-state index is 0.237. The Labute approximate surface area is 123 Å². The molecule has 0 radical (unpaired) electrons. The summed E-state index contributed by atoms with van der Waals surface area (Å²) in [7, 11) is 1.71. The number of nitrogens with two attached hydrogens (primary N) is 1. The first-order valence-corrected chi connectivity index (χ1v) is 6.90. The van der Waals surface area contributed by atoms with Crippen molar-refractivity contribution in [3.8, 4) is 5.75 Å². The zero-order valence-electron chi connectivity index (χ0n) is 12.3. The van der Waals surface area contributed by atoms with E-state index in [2.05, 4.69) is 10.4 Å². The molecule has 112 valence electrons. The lowest BCUT2D eigenvalue weighted by atomic mass is 10.2. The van der Waals surface area contributed by atoms with Gasteiger partial charge < -0.3 is 15.8 Å². The first-order valence-electron chi connectivity index (χ1n) is 6.90. The maximum absolute atomic E-state index is 12.1. The SMILES string of the molecule is CCc1nn(C)c(C(=O)NCCOc2ccccc2)c1N. The van der Waals surface area contributed by atoms with Gasteiger partial charge in [0.25, 0.3) is 5.91 Å². The van der Waals surface area contributed by atoms with Crippen LogP contribution in [0.2, 0.25) is 0 Å². The molecule has 0 aliphatic rings. The van der Waals surface area contributed by atoms with Gasteiger partial charge in [0, 0.05) is 7.05 Å². The molecule has 2 aromatic rings. The monoisotopic (exact) mass is 288 g/mol. The van der Waals surface area contributed by atoms with E-state index in [0.717, 1.165) is 11.4 Å². The Morgan fingerprint density at radius 2 is 2.10 bits per heavy atom. The Morgan fingerprint density at radius 3 is 2.71 bits per heavy atom. The molecule has 3 N–H and O–H groups in total. The van der Waals surface area contributed by atoms with Crippen LogP contribution in [0.4, 0.5) is 5.69 Å². The maximum Gasteiger partial charge on any atom is 0.271 e. The Morgan fingerprint density at radius 1 is 1.38 bits per heavy atom. The molecule has 0 aliphatic carbocycles. The van der Waals surface area contributed by atoms with E-state index in [1.54, 1.807) is 7.05 Å². The number of carbonyl (C=O) groups excluding carboxylic acids is 1. The number of carbonyl (C=O) groups is 1. The van der Waals surface area contributed by atoms with Crippen LogP contribution >= 0.6 is 0 Å². The van der Waals surface area contributed by atoms with Crippen LogP contribution in [0.15, 0.2) is 30.3 Å². The van der Waals surface area contributed by atoms with Gasteiger partial charge in [0.2, 0.25) is 0 Å². The Kier molecular flexibility index (Phi) is 4.81. The van der Waals surface area contributed by atoms with Gasteiger partial charge in [0.05, 0.1) is 17.9 Å². The van der Waals surface area contributed by atoms with Gasteiger partial charge in [-0.2, -0.15) is 5.10 Å². The van der Waals surface area contributed by atoms with Crippen molar-refractivity contribution in [2.75, 3.05) is 18.9 Å². The van der Waals surface area contributed by atoms with Crippen molar-refractivity contribution in [2.24, 2.45) is 7.05 Å². The average molecular weight is 288 g/mol. The van der Waals surface area contributed by atoms with Gasteiger partial charge in [-0.1, -0.05) is 25.1 Å². The number of rotatable bonds is 6. The molecule has 1 aromatic heterocycles. The van der Waals surface area contributed by atoms with Crippen molar-refractivity contribution in [3.05, 3.63) is 41.7 Å². The van der Waals surface area contributed by atoms with Gasteiger partial charge in [-0.05, 0) is 18.6 Å². The molecule has 1 heterocycles. The number of hydrogen-bond acceptors (Lipinski definition) is 4. The third-order valence-electron chi connectivity index (χ3n) is 3.11. The summed E-state index contributed by atoms with van der Waals surface area (Å²) in [6.07, 6.45) is 0.698. The molecule has 0 bridgehead atoms. The number of anilines is 1. The molecule has 0 saturated heterocycles. The minimum Gasteiger partial charge on any atom is -0.492 e. The second-order valence-electron chi connectivity index (χ2n) is 4.60. The van der Waals surface area contributed by atoms with Gasteiger partial charge in [0.15, 0.2) is 0 Å². The Bertz CT molecular complexity index is 608. The predicted octanol–water partition coefficient (Wildman–Crippen LogP) is 1.37. The summed E-state index contributed by atoms with van der Waals surface area (Å²) >= 11 is 0. The number of nitrogen functional groups attached to an aromatic ring is 1. The molecule has 6 nitrogen and oxygen atoms in total. The van der Waals surface area contributed by atoms with Crippen molar-refractivity contribution in [1.82, 2.24) is 15.1 Å². The minimum atomic E-state index is -0.237. The molecule has 0 unspecified atom stereocenters. The van der Waals surface area contributed by atoms with Crippen molar-refractivity contribution in [2.45, 2.75) is 13.3 Å². The number of amides is 1. The summed E-state index contributed by atoms with van der Waals surface area (Å²) in [5.74, 6) is 0.541. The fourth-order valence-corrected chi connectivity index (χ4v) is 2.06. The number of nitrogens with one attached hydrogen (secondary N) is 1. The van der Waals surface area contributed by atoms with Crippen LogP contribution in [0.5, 0.6) is 5.75 Å². The van der Waals surface area contributed by atoms with Crippen LogP contribution in [0.1, 0.15) is 23.1 Å². The van der Waals surface area contributed by atoms with Crippen molar-refractivity contribution in [3.63, 3.8) is 0 Å². The van der Waals surface area contributed by atoms with Gasteiger partial charge >= 0.3 is 0 Å².